The molecule has 0 N–H and O–H groups in total. The molecule has 1 aliphatic heterocycles. The molecular weight excluding hydrogens is 425 g/mol. The Balaban J connectivity index is 2.08. The van der Waals surface area contributed by atoms with Crippen LogP contribution in [-0.2, 0) is 10.3 Å². The molecule has 6 nitrogen and oxygen atoms in total. The van der Waals surface area contributed by atoms with Gasteiger partial charge >= 0.3 is 5.97 Å². The number of aromatic nitrogens is 2. The lowest BCUT2D eigenvalue weighted by atomic mass is 9.88. The van der Waals surface area contributed by atoms with Crippen molar-refractivity contribution in [3.8, 4) is 28.8 Å². The maximum Gasteiger partial charge on any atom is 0.359 e. The van der Waals surface area contributed by atoms with E-state index in [-0.39, 0.29) is 12.3 Å². The smallest absolute Gasteiger partial charge is 0.359 e. The number of rotatable bonds is 3. The van der Waals surface area contributed by atoms with Crippen LogP contribution in [0, 0.1) is 11.3 Å². The molecule has 30 heavy (non-hydrogen) atoms. The van der Waals surface area contributed by atoms with Gasteiger partial charge in [-0.3, -0.25) is 0 Å². The van der Waals surface area contributed by atoms with Gasteiger partial charge in [0, 0.05) is 10.6 Å². The number of esters is 1. The fourth-order valence-corrected chi connectivity index (χ4v) is 4.09. The number of hydrogen-bond acceptors (Lipinski definition) is 5. The van der Waals surface area contributed by atoms with E-state index in [9.17, 15) is 10.1 Å². The second kappa shape index (κ2) is 7.35. The van der Waals surface area contributed by atoms with Crippen molar-refractivity contribution in [2.24, 2.45) is 0 Å². The Morgan fingerprint density at radius 2 is 2.03 bits per heavy atom. The van der Waals surface area contributed by atoms with E-state index in [0.29, 0.717) is 43.9 Å². The van der Waals surface area contributed by atoms with E-state index in [1.807, 2.05) is 13.8 Å². The highest BCUT2D eigenvalue weighted by Crippen LogP contribution is 2.48. The van der Waals surface area contributed by atoms with Crippen LogP contribution < -0.4 is 4.74 Å². The number of ether oxygens (including phenoxy) is 2. The van der Waals surface area contributed by atoms with Gasteiger partial charge in [0.05, 0.1) is 40.2 Å². The Hall–Kier alpha value is -3.01. The zero-order valence-corrected chi connectivity index (χ0v) is 18.0. The molecule has 1 aliphatic rings. The average molecular weight is 442 g/mol. The Morgan fingerprint density at radius 3 is 2.70 bits per heavy atom. The van der Waals surface area contributed by atoms with Gasteiger partial charge in [-0.15, -0.1) is 0 Å². The first-order valence-corrected chi connectivity index (χ1v) is 10.0. The lowest BCUT2D eigenvalue weighted by Crippen LogP contribution is -2.31. The molecular formula is C22H17Cl2N3O3. The van der Waals surface area contributed by atoms with Crippen LogP contribution >= 0.6 is 23.2 Å². The van der Waals surface area contributed by atoms with E-state index in [1.54, 1.807) is 48.0 Å². The number of fused-ring (bicyclic) bond motifs is 3. The molecule has 1 aromatic heterocycles. The van der Waals surface area contributed by atoms with Crippen molar-refractivity contribution in [2.75, 3.05) is 6.61 Å². The van der Waals surface area contributed by atoms with Gasteiger partial charge in [0.25, 0.3) is 0 Å². The molecule has 3 aromatic rings. The van der Waals surface area contributed by atoms with E-state index in [0.717, 1.165) is 0 Å². The third-order valence-electron chi connectivity index (χ3n) is 4.83. The Bertz CT molecular complexity index is 1230. The van der Waals surface area contributed by atoms with Gasteiger partial charge in [-0.25, -0.2) is 9.48 Å². The van der Waals surface area contributed by atoms with Crippen molar-refractivity contribution in [1.29, 1.82) is 5.26 Å². The van der Waals surface area contributed by atoms with Gasteiger partial charge in [0.15, 0.2) is 5.69 Å². The summed E-state index contributed by atoms with van der Waals surface area (Å²) < 4.78 is 13.0. The van der Waals surface area contributed by atoms with Crippen LogP contribution in [-0.4, -0.2) is 22.4 Å². The molecule has 4 rings (SSSR count). The molecule has 0 saturated carbocycles. The second-order valence-electron chi connectivity index (χ2n) is 7.24. The Labute approximate surface area is 183 Å². The summed E-state index contributed by atoms with van der Waals surface area (Å²) in [5.41, 5.74) is 2.20. The van der Waals surface area contributed by atoms with Gasteiger partial charge in [0.2, 0.25) is 0 Å². The predicted octanol–water partition coefficient (Wildman–Crippen LogP) is 5.52. The summed E-state index contributed by atoms with van der Waals surface area (Å²) in [6.45, 7) is 5.63. The van der Waals surface area contributed by atoms with Crippen LogP contribution in [0.3, 0.4) is 0 Å². The molecule has 0 fully saturated rings. The molecule has 0 saturated heterocycles. The SMILES string of the molecule is CCOC(=O)c1nn(-c2ccc(Cl)cc2Cl)c2c1C(C)(C)Oc1cc(C#N)ccc1-2. The maximum atomic E-state index is 12.7. The van der Waals surface area contributed by atoms with Gasteiger partial charge < -0.3 is 9.47 Å². The number of halogens is 2. The third kappa shape index (κ3) is 3.20. The van der Waals surface area contributed by atoms with Crippen LogP contribution in [0.15, 0.2) is 36.4 Å². The monoisotopic (exact) mass is 441 g/mol. The normalized spacial score (nSPS) is 13.6. The maximum absolute atomic E-state index is 12.7. The van der Waals surface area contributed by atoms with E-state index in [1.165, 1.54) is 0 Å². The first-order valence-electron chi connectivity index (χ1n) is 9.26. The minimum absolute atomic E-state index is 0.151. The lowest BCUT2D eigenvalue weighted by Gasteiger charge is -2.33. The van der Waals surface area contributed by atoms with Gasteiger partial charge in [-0.1, -0.05) is 23.2 Å². The molecule has 0 radical (unpaired) electrons. The molecule has 0 atom stereocenters. The number of carbonyl (C=O) groups excluding carboxylic acids is 1. The highest BCUT2D eigenvalue weighted by molar-refractivity contribution is 6.35. The second-order valence-corrected chi connectivity index (χ2v) is 8.08. The molecule has 0 aliphatic carbocycles. The van der Waals surface area contributed by atoms with E-state index < -0.39 is 11.6 Å². The lowest BCUT2D eigenvalue weighted by molar-refractivity contribution is 0.0500. The van der Waals surface area contributed by atoms with Gasteiger partial charge in [-0.2, -0.15) is 10.4 Å². The zero-order valence-electron chi connectivity index (χ0n) is 16.5. The number of carbonyl (C=O) groups is 1. The fraction of sp³-hybridized carbons (Fsp3) is 0.227. The van der Waals surface area contributed by atoms with Crippen molar-refractivity contribution in [1.82, 2.24) is 9.78 Å². The number of hydrogen-bond donors (Lipinski definition) is 0. The molecule has 152 valence electrons. The van der Waals surface area contributed by atoms with E-state index in [4.69, 9.17) is 32.7 Å². The van der Waals surface area contributed by atoms with Crippen molar-refractivity contribution in [2.45, 2.75) is 26.4 Å². The van der Waals surface area contributed by atoms with E-state index >= 15 is 0 Å². The van der Waals surface area contributed by atoms with Crippen LogP contribution in [0.25, 0.3) is 16.9 Å². The minimum atomic E-state index is -0.907. The van der Waals surface area contributed by atoms with Crippen LogP contribution in [0.2, 0.25) is 10.0 Å². The first kappa shape index (κ1) is 20.3. The van der Waals surface area contributed by atoms with Crippen molar-refractivity contribution in [3.63, 3.8) is 0 Å². The molecule has 2 aromatic carbocycles. The fourth-order valence-electron chi connectivity index (χ4n) is 3.60. The van der Waals surface area contributed by atoms with Crippen molar-refractivity contribution in [3.05, 3.63) is 63.3 Å². The van der Waals surface area contributed by atoms with Crippen molar-refractivity contribution >= 4 is 29.2 Å². The largest absolute Gasteiger partial charge is 0.482 e. The highest BCUT2D eigenvalue weighted by atomic mass is 35.5. The molecule has 0 unspecified atom stereocenters. The predicted molar refractivity (Wildman–Crippen MR) is 113 cm³/mol. The summed E-state index contributed by atoms with van der Waals surface area (Å²) in [6.07, 6.45) is 0. The van der Waals surface area contributed by atoms with Crippen molar-refractivity contribution < 1.29 is 14.3 Å². The molecule has 2 heterocycles. The van der Waals surface area contributed by atoms with Crippen LogP contribution in [0.5, 0.6) is 5.75 Å². The quantitative estimate of drug-likeness (QED) is 0.499. The number of benzene rings is 2. The summed E-state index contributed by atoms with van der Waals surface area (Å²) in [5, 5.41) is 14.7. The summed E-state index contributed by atoms with van der Waals surface area (Å²) in [5.74, 6) is -0.0282. The topological polar surface area (TPSA) is 77.1 Å². The number of nitrogens with zero attached hydrogens (tertiary/aromatic N) is 3. The molecule has 0 spiro atoms. The van der Waals surface area contributed by atoms with Crippen LogP contribution in [0.1, 0.15) is 42.4 Å². The third-order valence-corrected chi connectivity index (χ3v) is 5.36. The minimum Gasteiger partial charge on any atom is -0.482 e. The standard InChI is InChI=1S/C22H17Cl2N3O3/c1-4-29-21(28)19-18-20(27(26-19)16-8-6-13(23)10-15(16)24)14-7-5-12(11-25)9-17(14)30-22(18,2)3/h5-10H,4H2,1-3H3. The summed E-state index contributed by atoms with van der Waals surface area (Å²) in [7, 11) is 0. The first-order chi connectivity index (χ1) is 14.3. The Morgan fingerprint density at radius 1 is 1.27 bits per heavy atom. The molecule has 0 bridgehead atoms. The zero-order chi connectivity index (χ0) is 21.6. The molecule has 8 heteroatoms. The Kier molecular flexibility index (Phi) is 4.97. The summed E-state index contributed by atoms with van der Waals surface area (Å²) in [6, 6.07) is 12.3. The van der Waals surface area contributed by atoms with Gasteiger partial charge in [-0.05, 0) is 57.2 Å². The average Bonchev–Trinajstić information content (AvgIpc) is 3.09. The van der Waals surface area contributed by atoms with Gasteiger partial charge in [0.1, 0.15) is 11.4 Å². The highest BCUT2D eigenvalue weighted by Gasteiger charge is 2.42. The molecule has 0 amide bonds. The number of nitriles is 1. The van der Waals surface area contributed by atoms with E-state index in [2.05, 4.69) is 11.2 Å². The van der Waals surface area contributed by atoms with Crippen LogP contribution in [0.4, 0.5) is 0 Å². The summed E-state index contributed by atoms with van der Waals surface area (Å²) >= 11 is 12.5. The summed E-state index contributed by atoms with van der Waals surface area (Å²) in [4.78, 5) is 12.7.